The van der Waals surface area contributed by atoms with Crippen LogP contribution < -0.4 is 5.32 Å². The van der Waals surface area contributed by atoms with Crippen molar-refractivity contribution < 1.29 is 19.1 Å². The van der Waals surface area contributed by atoms with Gasteiger partial charge in [-0.2, -0.15) is 0 Å². The zero-order valence-electron chi connectivity index (χ0n) is 11.9. The highest BCUT2D eigenvalue weighted by molar-refractivity contribution is 6.31. The Morgan fingerprint density at radius 2 is 1.95 bits per heavy atom. The second kappa shape index (κ2) is 6.01. The Morgan fingerprint density at radius 3 is 2.64 bits per heavy atom. The molecule has 0 bridgehead atoms. The minimum atomic E-state index is -1.22. The lowest BCUT2D eigenvalue weighted by atomic mass is 9.88. The summed E-state index contributed by atoms with van der Waals surface area (Å²) < 4.78 is 5.33. The van der Waals surface area contributed by atoms with Gasteiger partial charge in [0.05, 0.1) is 0 Å². The van der Waals surface area contributed by atoms with E-state index in [1.165, 1.54) is 0 Å². The van der Waals surface area contributed by atoms with Crippen LogP contribution in [-0.4, -0.2) is 17.0 Å². The van der Waals surface area contributed by atoms with E-state index < -0.39 is 5.97 Å². The third kappa shape index (κ3) is 2.81. The van der Waals surface area contributed by atoms with Crippen LogP contribution in [0.3, 0.4) is 0 Å². The quantitative estimate of drug-likeness (QED) is 0.883. The molecule has 1 aromatic heterocycles. The highest BCUT2D eigenvalue weighted by atomic mass is 35.5. The van der Waals surface area contributed by atoms with Gasteiger partial charge in [-0.15, -0.1) is 0 Å². The molecule has 0 saturated heterocycles. The third-order valence-electron chi connectivity index (χ3n) is 4.07. The zero-order valence-corrected chi connectivity index (χ0v) is 12.7. The minimum absolute atomic E-state index is 0.0699. The first-order chi connectivity index (χ1) is 10.6. The standard InChI is InChI=1S/C16H16ClNO4/c17-10-6-7-12-11(8-10)13(14(22-12)16(20)21)18-15(19)9-4-2-1-3-5-9/h6-9H,1-5H2,(H,18,19)(H,20,21). The number of rotatable bonds is 3. The first kappa shape index (κ1) is 14.9. The van der Waals surface area contributed by atoms with Crippen LogP contribution in [0.4, 0.5) is 5.69 Å². The molecule has 0 unspecified atom stereocenters. The highest BCUT2D eigenvalue weighted by Gasteiger charge is 2.26. The molecule has 1 fully saturated rings. The van der Waals surface area contributed by atoms with E-state index in [9.17, 15) is 14.7 Å². The molecule has 0 aliphatic heterocycles. The fourth-order valence-corrected chi connectivity index (χ4v) is 3.11. The summed E-state index contributed by atoms with van der Waals surface area (Å²) in [5.41, 5.74) is 0.585. The predicted octanol–water partition coefficient (Wildman–Crippen LogP) is 4.30. The first-order valence-electron chi connectivity index (χ1n) is 7.32. The van der Waals surface area contributed by atoms with Crippen LogP contribution >= 0.6 is 11.6 Å². The van der Waals surface area contributed by atoms with Gasteiger partial charge in [0.1, 0.15) is 11.3 Å². The van der Waals surface area contributed by atoms with Crippen LogP contribution in [-0.2, 0) is 4.79 Å². The monoisotopic (exact) mass is 321 g/mol. The summed E-state index contributed by atoms with van der Waals surface area (Å²) in [7, 11) is 0. The topological polar surface area (TPSA) is 79.5 Å². The summed E-state index contributed by atoms with van der Waals surface area (Å²) in [6, 6.07) is 4.81. The maximum Gasteiger partial charge on any atom is 0.374 e. The smallest absolute Gasteiger partial charge is 0.374 e. The fourth-order valence-electron chi connectivity index (χ4n) is 2.93. The van der Waals surface area contributed by atoms with Crippen molar-refractivity contribution >= 4 is 40.1 Å². The van der Waals surface area contributed by atoms with E-state index >= 15 is 0 Å². The highest BCUT2D eigenvalue weighted by Crippen LogP contribution is 2.34. The first-order valence-corrected chi connectivity index (χ1v) is 7.70. The van der Waals surface area contributed by atoms with Crippen LogP contribution in [0.1, 0.15) is 42.7 Å². The zero-order chi connectivity index (χ0) is 15.7. The summed E-state index contributed by atoms with van der Waals surface area (Å²) in [6.07, 6.45) is 4.88. The number of aromatic carboxylic acids is 1. The van der Waals surface area contributed by atoms with Crippen LogP contribution in [0, 0.1) is 5.92 Å². The Morgan fingerprint density at radius 1 is 1.23 bits per heavy atom. The summed E-state index contributed by atoms with van der Waals surface area (Å²) in [4.78, 5) is 23.7. The van der Waals surface area contributed by atoms with Crippen molar-refractivity contribution in [2.24, 2.45) is 5.92 Å². The molecule has 1 heterocycles. The molecule has 1 amide bonds. The second-order valence-electron chi connectivity index (χ2n) is 5.58. The molecule has 0 atom stereocenters. The molecular formula is C16H16ClNO4. The molecule has 3 rings (SSSR count). The Hall–Kier alpha value is -2.01. The molecule has 22 heavy (non-hydrogen) atoms. The van der Waals surface area contributed by atoms with E-state index in [0.29, 0.717) is 16.0 Å². The molecule has 6 heteroatoms. The Kier molecular flexibility index (Phi) is 4.07. The van der Waals surface area contributed by atoms with Crippen molar-refractivity contribution in [2.75, 3.05) is 5.32 Å². The third-order valence-corrected chi connectivity index (χ3v) is 4.30. The number of amides is 1. The van der Waals surface area contributed by atoms with E-state index in [4.69, 9.17) is 16.0 Å². The molecule has 1 saturated carbocycles. The normalized spacial score (nSPS) is 15.9. The number of carboxylic acids is 1. The Balaban J connectivity index is 1.97. The van der Waals surface area contributed by atoms with Gasteiger partial charge in [0.25, 0.3) is 0 Å². The van der Waals surface area contributed by atoms with Crippen molar-refractivity contribution in [3.05, 3.63) is 29.0 Å². The number of nitrogens with one attached hydrogen (secondary N) is 1. The molecular weight excluding hydrogens is 306 g/mol. The van der Waals surface area contributed by atoms with Gasteiger partial charge < -0.3 is 14.8 Å². The number of anilines is 1. The number of carbonyl (C=O) groups excluding carboxylic acids is 1. The van der Waals surface area contributed by atoms with Gasteiger partial charge in [0.2, 0.25) is 11.7 Å². The van der Waals surface area contributed by atoms with E-state index in [1.54, 1.807) is 18.2 Å². The number of benzene rings is 1. The van der Waals surface area contributed by atoms with E-state index in [2.05, 4.69) is 5.32 Å². The number of fused-ring (bicyclic) bond motifs is 1. The predicted molar refractivity (Wildman–Crippen MR) is 83.4 cm³/mol. The number of halogens is 1. The van der Waals surface area contributed by atoms with E-state index in [-0.39, 0.29) is 23.3 Å². The Bertz CT molecular complexity index is 731. The molecule has 1 aliphatic rings. The molecule has 1 aromatic carbocycles. The van der Waals surface area contributed by atoms with Crippen molar-refractivity contribution in [2.45, 2.75) is 32.1 Å². The lowest BCUT2D eigenvalue weighted by molar-refractivity contribution is -0.120. The molecule has 0 spiro atoms. The molecule has 2 N–H and O–H groups in total. The van der Waals surface area contributed by atoms with Gasteiger partial charge in [-0.3, -0.25) is 4.79 Å². The average molecular weight is 322 g/mol. The van der Waals surface area contributed by atoms with Crippen molar-refractivity contribution in [1.29, 1.82) is 0 Å². The number of hydrogen-bond acceptors (Lipinski definition) is 3. The number of carbonyl (C=O) groups is 2. The number of furan rings is 1. The van der Waals surface area contributed by atoms with Gasteiger partial charge in [-0.25, -0.2) is 4.79 Å². The number of carboxylic acid groups (broad SMARTS) is 1. The van der Waals surface area contributed by atoms with Crippen LogP contribution in [0.5, 0.6) is 0 Å². The second-order valence-corrected chi connectivity index (χ2v) is 6.01. The molecule has 0 radical (unpaired) electrons. The molecule has 2 aromatic rings. The lowest BCUT2D eigenvalue weighted by Gasteiger charge is -2.20. The number of hydrogen-bond donors (Lipinski definition) is 2. The van der Waals surface area contributed by atoms with Gasteiger partial charge in [0, 0.05) is 16.3 Å². The maximum absolute atomic E-state index is 12.4. The summed E-state index contributed by atoms with van der Waals surface area (Å²) >= 11 is 5.96. The van der Waals surface area contributed by atoms with Gasteiger partial charge in [0.15, 0.2) is 0 Å². The van der Waals surface area contributed by atoms with Gasteiger partial charge in [-0.05, 0) is 31.0 Å². The Labute approximate surface area is 132 Å². The maximum atomic E-state index is 12.4. The SMILES string of the molecule is O=C(O)c1oc2ccc(Cl)cc2c1NC(=O)C1CCCCC1. The summed E-state index contributed by atoms with van der Waals surface area (Å²) in [5, 5.41) is 13.0. The summed E-state index contributed by atoms with van der Waals surface area (Å²) in [6.45, 7) is 0. The molecule has 1 aliphatic carbocycles. The fraction of sp³-hybridized carbons (Fsp3) is 0.375. The van der Waals surface area contributed by atoms with Crippen LogP contribution in [0.15, 0.2) is 22.6 Å². The van der Waals surface area contributed by atoms with E-state index in [0.717, 1.165) is 32.1 Å². The minimum Gasteiger partial charge on any atom is -0.475 e. The molecule has 5 nitrogen and oxygen atoms in total. The molecule has 116 valence electrons. The van der Waals surface area contributed by atoms with Crippen LogP contribution in [0.2, 0.25) is 5.02 Å². The van der Waals surface area contributed by atoms with E-state index in [1.807, 2.05) is 0 Å². The largest absolute Gasteiger partial charge is 0.475 e. The average Bonchev–Trinajstić information content (AvgIpc) is 2.86. The van der Waals surface area contributed by atoms with Crippen LogP contribution in [0.25, 0.3) is 11.0 Å². The summed E-state index contributed by atoms with van der Waals surface area (Å²) in [5.74, 6) is -1.70. The van der Waals surface area contributed by atoms with Crippen molar-refractivity contribution in [3.8, 4) is 0 Å². The van der Waals surface area contributed by atoms with Crippen molar-refractivity contribution in [3.63, 3.8) is 0 Å². The lowest BCUT2D eigenvalue weighted by Crippen LogP contribution is -2.25. The van der Waals surface area contributed by atoms with Gasteiger partial charge in [-0.1, -0.05) is 30.9 Å². The van der Waals surface area contributed by atoms with Crippen molar-refractivity contribution in [1.82, 2.24) is 0 Å². The van der Waals surface area contributed by atoms with Gasteiger partial charge >= 0.3 is 5.97 Å².